The highest BCUT2D eigenvalue weighted by atomic mass is 16.2. The predicted molar refractivity (Wildman–Crippen MR) is 144 cm³/mol. The van der Waals surface area contributed by atoms with E-state index in [1.165, 1.54) is 11.1 Å². The van der Waals surface area contributed by atoms with Crippen LogP contribution in [0.4, 0.5) is 0 Å². The average molecular weight is 489 g/mol. The molecule has 0 aliphatic carbocycles. The zero-order valence-electron chi connectivity index (χ0n) is 21.8. The van der Waals surface area contributed by atoms with E-state index in [1.807, 2.05) is 46.2 Å². The second-order valence-electron chi connectivity index (χ2n) is 10.1. The first kappa shape index (κ1) is 26.1. The van der Waals surface area contributed by atoms with Crippen LogP contribution in [0.1, 0.15) is 48.9 Å². The molecule has 0 spiro atoms. The molecule has 0 radical (unpaired) electrons. The maximum atomic E-state index is 13.1. The van der Waals surface area contributed by atoms with E-state index in [2.05, 4.69) is 60.3 Å². The fraction of sp³-hybridized carbons (Fsp3) is 0.467. The molecule has 2 saturated heterocycles. The highest BCUT2D eigenvalue weighted by Crippen LogP contribution is 2.27. The molecule has 36 heavy (non-hydrogen) atoms. The fourth-order valence-corrected chi connectivity index (χ4v) is 5.37. The Hall–Kier alpha value is -2.96. The summed E-state index contributed by atoms with van der Waals surface area (Å²) in [4.78, 5) is 34.8. The van der Waals surface area contributed by atoms with Crippen molar-refractivity contribution >= 4 is 11.8 Å². The predicted octanol–water partition coefficient (Wildman–Crippen LogP) is 4.13. The van der Waals surface area contributed by atoms with E-state index >= 15 is 0 Å². The molecule has 0 aromatic heterocycles. The number of nitrogens with zero attached hydrogens (tertiary/aromatic N) is 4. The van der Waals surface area contributed by atoms with Crippen molar-refractivity contribution in [3.8, 4) is 0 Å². The van der Waals surface area contributed by atoms with Crippen molar-refractivity contribution in [2.24, 2.45) is 0 Å². The molecule has 6 nitrogen and oxygen atoms in total. The quantitative estimate of drug-likeness (QED) is 0.574. The lowest BCUT2D eigenvalue weighted by Gasteiger charge is -2.34. The summed E-state index contributed by atoms with van der Waals surface area (Å²) < 4.78 is 0. The highest BCUT2D eigenvalue weighted by molar-refractivity contribution is 5.78. The van der Waals surface area contributed by atoms with E-state index in [9.17, 15) is 9.59 Å². The summed E-state index contributed by atoms with van der Waals surface area (Å²) >= 11 is 0. The van der Waals surface area contributed by atoms with Crippen LogP contribution in [0.3, 0.4) is 0 Å². The van der Waals surface area contributed by atoms with E-state index in [0.29, 0.717) is 25.9 Å². The Morgan fingerprint density at radius 1 is 0.639 bits per heavy atom. The van der Waals surface area contributed by atoms with Gasteiger partial charge in [0.15, 0.2) is 0 Å². The second kappa shape index (κ2) is 12.8. The summed E-state index contributed by atoms with van der Waals surface area (Å²) in [6.45, 7) is 4.66. The molecule has 2 atom stereocenters. The third kappa shape index (κ3) is 6.83. The van der Waals surface area contributed by atoms with Gasteiger partial charge in [-0.1, -0.05) is 72.8 Å². The summed E-state index contributed by atoms with van der Waals surface area (Å²) in [6.07, 6.45) is 7.03. The third-order valence-corrected chi connectivity index (χ3v) is 7.57. The minimum absolute atomic E-state index is 0.111. The van der Waals surface area contributed by atoms with Crippen molar-refractivity contribution in [2.45, 2.75) is 37.8 Å². The van der Waals surface area contributed by atoms with Crippen molar-refractivity contribution in [1.29, 1.82) is 0 Å². The Morgan fingerprint density at radius 2 is 1.03 bits per heavy atom. The highest BCUT2D eigenvalue weighted by Gasteiger charge is 2.27. The summed E-state index contributed by atoms with van der Waals surface area (Å²) in [5.74, 6) is 0.382. The molecule has 0 unspecified atom stereocenters. The van der Waals surface area contributed by atoms with Gasteiger partial charge < -0.3 is 9.80 Å². The Balaban J connectivity index is 1.32. The van der Waals surface area contributed by atoms with Gasteiger partial charge in [0.1, 0.15) is 0 Å². The Kier molecular flexibility index (Phi) is 9.31. The molecule has 0 saturated carbocycles. The first-order valence-corrected chi connectivity index (χ1v) is 13.2. The smallest absolute Gasteiger partial charge is 0.224 e. The number of hydrogen-bond donors (Lipinski definition) is 0. The topological polar surface area (TPSA) is 47.1 Å². The largest absolute Gasteiger partial charge is 0.339 e. The van der Waals surface area contributed by atoms with Crippen LogP contribution in [-0.4, -0.2) is 84.8 Å². The van der Waals surface area contributed by atoms with E-state index in [1.54, 1.807) is 0 Å². The number of rotatable bonds is 6. The van der Waals surface area contributed by atoms with Crippen LogP contribution in [0.25, 0.3) is 0 Å². The fourth-order valence-electron chi connectivity index (χ4n) is 5.37. The molecule has 2 heterocycles. The standard InChI is InChI=1S/C30H40N4O2/c1-31-17-11-21-33(29(35)23-27(31)25-13-5-3-6-14-25)19-9-10-20-34-22-12-18-32(2)28(24-30(34)36)26-15-7-4-8-16-26/h3-10,13-16,27-28H,11-12,17-24H2,1-2H3/b10-9+/t27-,28-/m0/s1. The second-order valence-corrected chi connectivity index (χ2v) is 10.1. The van der Waals surface area contributed by atoms with Gasteiger partial charge in [-0.2, -0.15) is 0 Å². The maximum absolute atomic E-state index is 13.1. The van der Waals surface area contributed by atoms with Gasteiger partial charge >= 0.3 is 0 Å². The molecule has 192 valence electrons. The molecule has 0 N–H and O–H groups in total. The minimum Gasteiger partial charge on any atom is -0.339 e. The Morgan fingerprint density at radius 3 is 1.42 bits per heavy atom. The Bertz CT molecular complexity index is 929. The average Bonchev–Trinajstić information content (AvgIpc) is 2.89. The number of hydrogen-bond acceptors (Lipinski definition) is 4. The lowest BCUT2D eigenvalue weighted by atomic mass is 10.00. The van der Waals surface area contributed by atoms with Crippen molar-refractivity contribution < 1.29 is 9.59 Å². The minimum atomic E-state index is 0.111. The summed E-state index contributed by atoms with van der Waals surface area (Å²) in [7, 11) is 4.22. The van der Waals surface area contributed by atoms with E-state index < -0.39 is 0 Å². The van der Waals surface area contributed by atoms with Gasteiger partial charge in [-0.3, -0.25) is 19.4 Å². The summed E-state index contributed by atoms with van der Waals surface area (Å²) in [6, 6.07) is 20.9. The van der Waals surface area contributed by atoms with Crippen molar-refractivity contribution in [1.82, 2.24) is 19.6 Å². The van der Waals surface area contributed by atoms with Crippen molar-refractivity contribution in [3.05, 3.63) is 83.9 Å². The number of benzene rings is 2. The monoisotopic (exact) mass is 488 g/mol. The van der Waals surface area contributed by atoms with Crippen LogP contribution in [-0.2, 0) is 9.59 Å². The zero-order chi connectivity index (χ0) is 25.3. The van der Waals surface area contributed by atoms with Crippen LogP contribution >= 0.6 is 0 Å². The molecular weight excluding hydrogens is 448 g/mol. The summed E-state index contributed by atoms with van der Waals surface area (Å²) in [5.41, 5.74) is 2.39. The van der Waals surface area contributed by atoms with E-state index in [0.717, 1.165) is 39.0 Å². The van der Waals surface area contributed by atoms with Gasteiger partial charge in [-0.25, -0.2) is 0 Å². The first-order valence-electron chi connectivity index (χ1n) is 13.2. The number of amides is 2. The molecule has 2 aliphatic rings. The van der Waals surface area contributed by atoms with E-state index in [4.69, 9.17) is 0 Å². The Labute approximate surface area is 216 Å². The molecule has 6 heteroatoms. The normalized spacial score (nSPS) is 23.4. The summed E-state index contributed by atoms with van der Waals surface area (Å²) in [5, 5.41) is 0. The van der Waals surface area contributed by atoms with Crippen LogP contribution in [0.5, 0.6) is 0 Å². The van der Waals surface area contributed by atoms with Crippen LogP contribution in [0.2, 0.25) is 0 Å². The molecule has 2 amide bonds. The van der Waals surface area contributed by atoms with Gasteiger partial charge in [0.25, 0.3) is 0 Å². The van der Waals surface area contributed by atoms with Crippen LogP contribution in [0.15, 0.2) is 72.8 Å². The molecule has 4 rings (SSSR count). The van der Waals surface area contributed by atoms with Crippen molar-refractivity contribution in [2.75, 3.05) is 53.4 Å². The third-order valence-electron chi connectivity index (χ3n) is 7.57. The van der Waals surface area contributed by atoms with E-state index in [-0.39, 0.29) is 23.9 Å². The molecule has 2 aliphatic heterocycles. The van der Waals surface area contributed by atoms with Gasteiger partial charge in [0, 0.05) is 64.2 Å². The van der Waals surface area contributed by atoms with Crippen LogP contribution < -0.4 is 0 Å². The molecular formula is C30H40N4O2. The number of carbonyl (C=O) groups excluding carboxylic acids is 2. The van der Waals surface area contributed by atoms with Crippen molar-refractivity contribution in [3.63, 3.8) is 0 Å². The molecule has 2 aromatic rings. The van der Waals surface area contributed by atoms with Crippen LogP contribution in [0, 0.1) is 0 Å². The molecule has 2 aromatic carbocycles. The maximum Gasteiger partial charge on any atom is 0.224 e. The molecule has 2 fully saturated rings. The molecule has 0 bridgehead atoms. The number of carbonyl (C=O) groups is 2. The SMILES string of the molecule is CN1CCCN(C/C=C/CN2CCCN(C)[C@H](c3ccccc3)CC2=O)C(=O)C[C@H]1c1ccccc1. The lowest BCUT2D eigenvalue weighted by Crippen LogP contribution is -2.41. The van der Waals surface area contributed by atoms with Gasteiger partial charge in [0.05, 0.1) is 0 Å². The van der Waals surface area contributed by atoms with Gasteiger partial charge in [-0.15, -0.1) is 0 Å². The first-order chi connectivity index (χ1) is 17.5. The van der Waals surface area contributed by atoms with Gasteiger partial charge in [0.2, 0.25) is 11.8 Å². The zero-order valence-corrected chi connectivity index (χ0v) is 21.8. The lowest BCUT2D eigenvalue weighted by molar-refractivity contribution is -0.134. The van der Waals surface area contributed by atoms with Gasteiger partial charge in [-0.05, 0) is 38.1 Å².